The molecule has 10 heteroatoms. The maximum absolute atomic E-state index is 12.6. The highest BCUT2D eigenvalue weighted by Crippen LogP contribution is 2.35. The van der Waals surface area contributed by atoms with E-state index >= 15 is 0 Å². The number of H-pyrrole nitrogens is 1. The van der Waals surface area contributed by atoms with E-state index in [0.29, 0.717) is 39.1 Å². The summed E-state index contributed by atoms with van der Waals surface area (Å²) in [5, 5.41) is 2.13. The molecule has 3 rings (SSSR count). The lowest BCUT2D eigenvalue weighted by atomic mass is 10.1. The highest BCUT2D eigenvalue weighted by molar-refractivity contribution is 7.14. The zero-order valence-corrected chi connectivity index (χ0v) is 19.2. The second kappa shape index (κ2) is 9.65. The topological polar surface area (TPSA) is 111 Å². The largest absolute Gasteiger partial charge is 0.495 e. The number of hydrogen-bond acceptors (Lipinski definition) is 8. The molecule has 2 aromatic heterocycles. The summed E-state index contributed by atoms with van der Waals surface area (Å²) in [4.78, 5) is 45.6. The van der Waals surface area contributed by atoms with Crippen LogP contribution in [-0.2, 0) is 20.9 Å². The number of thiazole rings is 1. The molecule has 0 fully saturated rings. The molecule has 3 aromatic rings. The molecule has 32 heavy (non-hydrogen) atoms. The summed E-state index contributed by atoms with van der Waals surface area (Å²) in [6.45, 7) is 4.66. The SMILES string of the molecule is COC(=O)c1c(C)[nH]c(C(=O)OCc2csc(N(C(C)=O)c3ccccc3OC)n2)c1C. The predicted octanol–water partition coefficient (Wildman–Crippen LogP) is 3.92. The molecule has 9 nitrogen and oxygen atoms in total. The molecule has 0 atom stereocenters. The monoisotopic (exact) mass is 457 g/mol. The standard InChI is InChI=1S/C22H23N3O6S/c1-12-18(20(27)30-5)13(2)23-19(12)21(28)31-10-15-11-32-22(24-15)25(14(3)26)16-8-6-7-9-17(16)29-4/h6-9,11,23H,10H2,1-5H3. The summed E-state index contributed by atoms with van der Waals surface area (Å²) in [7, 11) is 2.81. The van der Waals surface area contributed by atoms with Gasteiger partial charge in [-0.2, -0.15) is 0 Å². The number of aromatic amines is 1. The molecule has 168 valence electrons. The lowest BCUT2D eigenvalue weighted by Crippen LogP contribution is -2.23. The first-order valence-electron chi connectivity index (χ1n) is 9.61. The van der Waals surface area contributed by atoms with Crippen LogP contribution >= 0.6 is 11.3 Å². The molecule has 0 aliphatic carbocycles. The summed E-state index contributed by atoms with van der Waals surface area (Å²) >= 11 is 1.24. The fourth-order valence-electron chi connectivity index (χ4n) is 3.26. The molecule has 0 aliphatic rings. The zero-order chi connectivity index (χ0) is 23.4. The number of amides is 1. The Hall–Kier alpha value is -3.66. The maximum Gasteiger partial charge on any atom is 0.355 e. The van der Waals surface area contributed by atoms with Gasteiger partial charge in [-0.3, -0.25) is 9.69 Å². The summed E-state index contributed by atoms with van der Waals surface area (Å²) in [6, 6.07) is 7.12. The molecule has 1 amide bonds. The van der Waals surface area contributed by atoms with Gasteiger partial charge < -0.3 is 19.2 Å². The Labute approximate surface area is 188 Å². The molecular formula is C22H23N3O6S. The minimum Gasteiger partial charge on any atom is -0.495 e. The van der Waals surface area contributed by atoms with E-state index in [1.54, 1.807) is 37.4 Å². The molecular weight excluding hydrogens is 434 g/mol. The van der Waals surface area contributed by atoms with E-state index in [9.17, 15) is 14.4 Å². The first-order valence-corrected chi connectivity index (χ1v) is 10.5. The van der Waals surface area contributed by atoms with E-state index in [0.717, 1.165) is 0 Å². The number of benzene rings is 1. The number of methoxy groups -OCH3 is 2. The summed E-state index contributed by atoms with van der Waals surface area (Å²) in [6.07, 6.45) is 0. The van der Waals surface area contributed by atoms with Crippen molar-refractivity contribution in [2.45, 2.75) is 27.4 Å². The smallest absolute Gasteiger partial charge is 0.355 e. The minimum absolute atomic E-state index is 0.0991. The van der Waals surface area contributed by atoms with E-state index < -0.39 is 11.9 Å². The van der Waals surface area contributed by atoms with Crippen LogP contribution in [0.4, 0.5) is 10.8 Å². The lowest BCUT2D eigenvalue weighted by molar-refractivity contribution is -0.115. The van der Waals surface area contributed by atoms with Gasteiger partial charge in [0, 0.05) is 18.0 Å². The highest BCUT2D eigenvalue weighted by Gasteiger charge is 2.24. The third-order valence-corrected chi connectivity index (χ3v) is 5.63. The number of nitrogens with zero attached hydrogens (tertiary/aromatic N) is 2. The van der Waals surface area contributed by atoms with Gasteiger partial charge >= 0.3 is 11.9 Å². The number of rotatable bonds is 7. The molecule has 2 heterocycles. The summed E-state index contributed by atoms with van der Waals surface area (Å²) in [5.74, 6) is -0.853. The quantitative estimate of drug-likeness (QED) is 0.535. The van der Waals surface area contributed by atoms with Crippen molar-refractivity contribution in [2.24, 2.45) is 0 Å². The molecule has 0 saturated heterocycles. The van der Waals surface area contributed by atoms with Crippen LogP contribution in [-0.4, -0.2) is 42.0 Å². The van der Waals surface area contributed by atoms with Gasteiger partial charge in [-0.15, -0.1) is 11.3 Å². The maximum atomic E-state index is 12.6. The average Bonchev–Trinajstić information content (AvgIpc) is 3.35. The van der Waals surface area contributed by atoms with Gasteiger partial charge in [0.2, 0.25) is 5.91 Å². The van der Waals surface area contributed by atoms with E-state index in [4.69, 9.17) is 14.2 Å². The Morgan fingerprint density at radius 3 is 2.50 bits per heavy atom. The molecule has 0 bridgehead atoms. The number of para-hydroxylation sites is 2. The normalized spacial score (nSPS) is 10.5. The van der Waals surface area contributed by atoms with Crippen molar-refractivity contribution >= 4 is 40.0 Å². The Morgan fingerprint density at radius 1 is 1.12 bits per heavy atom. The fourth-order valence-corrected chi connectivity index (χ4v) is 4.13. The summed E-state index contributed by atoms with van der Waals surface area (Å²) < 4.78 is 15.5. The third-order valence-electron chi connectivity index (χ3n) is 4.75. The number of hydrogen-bond donors (Lipinski definition) is 1. The average molecular weight is 458 g/mol. The van der Waals surface area contributed by atoms with E-state index in [2.05, 4.69) is 9.97 Å². The van der Waals surface area contributed by atoms with Crippen LogP contribution in [0.5, 0.6) is 5.75 Å². The lowest BCUT2D eigenvalue weighted by Gasteiger charge is -2.20. The highest BCUT2D eigenvalue weighted by atomic mass is 32.1. The van der Waals surface area contributed by atoms with Crippen LogP contribution in [0.1, 0.15) is 44.7 Å². The van der Waals surface area contributed by atoms with Crippen LogP contribution in [0.25, 0.3) is 0 Å². The van der Waals surface area contributed by atoms with Crippen molar-refractivity contribution in [2.75, 3.05) is 19.1 Å². The van der Waals surface area contributed by atoms with E-state index in [1.165, 1.54) is 37.4 Å². The molecule has 0 saturated carbocycles. The van der Waals surface area contributed by atoms with Gasteiger partial charge in [-0.25, -0.2) is 14.6 Å². The van der Waals surface area contributed by atoms with Crippen molar-refractivity contribution < 1.29 is 28.6 Å². The summed E-state index contributed by atoms with van der Waals surface area (Å²) in [5.41, 5.74) is 2.51. The Balaban J connectivity index is 1.77. The first-order chi connectivity index (χ1) is 15.3. The van der Waals surface area contributed by atoms with Crippen LogP contribution in [0.2, 0.25) is 0 Å². The van der Waals surface area contributed by atoms with Gasteiger partial charge in [0.25, 0.3) is 0 Å². The Kier molecular flexibility index (Phi) is 6.94. The van der Waals surface area contributed by atoms with Gasteiger partial charge in [-0.05, 0) is 31.5 Å². The van der Waals surface area contributed by atoms with Crippen LogP contribution in [0, 0.1) is 13.8 Å². The number of carbonyl (C=O) groups excluding carboxylic acids is 3. The van der Waals surface area contributed by atoms with Crippen molar-refractivity contribution in [3.8, 4) is 5.75 Å². The molecule has 0 unspecified atom stereocenters. The predicted molar refractivity (Wildman–Crippen MR) is 119 cm³/mol. The van der Waals surface area contributed by atoms with Gasteiger partial charge in [0.1, 0.15) is 18.1 Å². The number of esters is 2. The molecule has 0 spiro atoms. The van der Waals surface area contributed by atoms with E-state index in [1.807, 2.05) is 6.07 Å². The first kappa shape index (κ1) is 23.0. The van der Waals surface area contributed by atoms with Crippen LogP contribution in [0.15, 0.2) is 29.6 Å². The second-order valence-corrected chi connectivity index (χ2v) is 7.68. The number of aromatic nitrogens is 2. The number of aryl methyl sites for hydroxylation is 1. The van der Waals surface area contributed by atoms with Gasteiger partial charge in [-0.1, -0.05) is 12.1 Å². The Bertz CT molecular complexity index is 1170. The zero-order valence-electron chi connectivity index (χ0n) is 18.3. The molecule has 0 aliphatic heterocycles. The van der Waals surface area contributed by atoms with Crippen molar-refractivity contribution in [1.29, 1.82) is 0 Å². The molecule has 0 radical (unpaired) electrons. The number of ether oxygens (including phenoxy) is 3. The van der Waals surface area contributed by atoms with Crippen molar-refractivity contribution in [3.63, 3.8) is 0 Å². The molecule has 1 aromatic carbocycles. The number of carbonyl (C=O) groups is 3. The van der Waals surface area contributed by atoms with Crippen LogP contribution in [0.3, 0.4) is 0 Å². The van der Waals surface area contributed by atoms with Crippen molar-refractivity contribution in [1.82, 2.24) is 9.97 Å². The number of nitrogens with one attached hydrogen (secondary N) is 1. The van der Waals surface area contributed by atoms with Gasteiger partial charge in [0.15, 0.2) is 5.13 Å². The molecule has 1 N–H and O–H groups in total. The second-order valence-electron chi connectivity index (χ2n) is 6.84. The number of anilines is 2. The third kappa shape index (κ3) is 4.50. The van der Waals surface area contributed by atoms with Crippen LogP contribution < -0.4 is 9.64 Å². The van der Waals surface area contributed by atoms with Crippen molar-refractivity contribution in [3.05, 3.63) is 57.9 Å². The van der Waals surface area contributed by atoms with Gasteiger partial charge in [0.05, 0.1) is 31.2 Å². The van der Waals surface area contributed by atoms with E-state index in [-0.39, 0.29) is 18.2 Å². The Morgan fingerprint density at radius 2 is 1.84 bits per heavy atom. The fraction of sp³-hybridized carbons (Fsp3) is 0.273. The minimum atomic E-state index is -0.622.